The molecule has 0 heterocycles. The number of rotatable bonds is 1. The second-order valence-electron chi connectivity index (χ2n) is 4.18. The van der Waals surface area contributed by atoms with Gasteiger partial charge in [0, 0.05) is 15.1 Å². The smallest absolute Gasteiger partial charge is 1.00 e. The van der Waals surface area contributed by atoms with Crippen molar-refractivity contribution in [3.63, 3.8) is 0 Å². The van der Waals surface area contributed by atoms with Crippen LogP contribution in [0.4, 0.5) is 0 Å². The van der Waals surface area contributed by atoms with E-state index < -0.39 is 5.91 Å². The van der Waals surface area contributed by atoms with Crippen LogP contribution in [0.25, 0.3) is 5.73 Å². The van der Waals surface area contributed by atoms with Gasteiger partial charge in [0.2, 0.25) is 0 Å². The fraction of sp³-hybridized carbons (Fsp3) is 0.312. The van der Waals surface area contributed by atoms with Gasteiger partial charge in [-0.3, -0.25) is 6.08 Å². The largest absolute Gasteiger partial charge is 4.00 e. The SMILES string of the molecule is C[SiH]C.Cc1cccc(C)c1C([NH-])=O.[C-]1=CC=CC1.[Cl-].[Cl-].[Zr+4]. The van der Waals surface area contributed by atoms with Crippen molar-refractivity contribution >= 4 is 15.4 Å². The number of nitrogens with one attached hydrogen (secondary N) is 1. The van der Waals surface area contributed by atoms with Gasteiger partial charge >= 0.3 is 26.2 Å². The van der Waals surface area contributed by atoms with Crippen LogP contribution in [0.15, 0.2) is 36.4 Å². The van der Waals surface area contributed by atoms with Crippen molar-refractivity contribution in [2.45, 2.75) is 33.4 Å². The topological polar surface area (TPSA) is 40.9 Å². The average molecular weight is 435 g/mol. The molecule has 1 amide bonds. The third kappa shape index (κ3) is 13.5. The summed E-state index contributed by atoms with van der Waals surface area (Å²) in [7, 11) is 0.750. The van der Waals surface area contributed by atoms with E-state index >= 15 is 0 Å². The summed E-state index contributed by atoms with van der Waals surface area (Å²) in [6.45, 7) is 8.10. The van der Waals surface area contributed by atoms with Crippen molar-refractivity contribution in [3.8, 4) is 0 Å². The number of halogens is 2. The molecule has 1 radical (unpaired) electrons. The number of carbonyl (C=O) groups is 1. The van der Waals surface area contributed by atoms with Gasteiger partial charge in [0.25, 0.3) is 0 Å². The molecule has 1 aliphatic rings. The second-order valence-corrected chi connectivity index (χ2v) is 5.33. The Morgan fingerprint density at radius 3 is 1.82 bits per heavy atom. The molecule has 1 N–H and O–H groups in total. The van der Waals surface area contributed by atoms with E-state index in [0.29, 0.717) is 5.56 Å². The normalized spacial score (nSPS) is 9.64. The van der Waals surface area contributed by atoms with Gasteiger partial charge in [0.15, 0.2) is 0 Å². The first kappa shape index (κ1) is 29.8. The molecule has 0 atom stereocenters. The van der Waals surface area contributed by atoms with Crippen LogP contribution in [-0.4, -0.2) is 15.4 Å². The van der Waals surface area contributed by atoms with E-state index in [0.717, 1.165) is 27.1 Å². The molecule has 1 aromatic rings. The minimum Gasteiger partial charge on any atom is -1.00 e. The first-order chi connectivity index (χ1) is 9.04. The van der Waals surface area contributed by atoms with E-state index in [1.807, 2.05) is 44.2 Å². The molecule has 2 nitrogen and oxygen atoms in total. The van der Waals surface area contributed by atoms with Crippen molar-refractivity contribution in [3.05, 3.63) is 64.9 Å². The standard InChI is InChI=1S/C9H11NO.C5H5.C2H7Si.2ClH.Zr/c1-6-4-3-5-7(2)8(6)9(10)11;1-2-4-5-3-1;1-3-2;;;/h3-5H,1-2H3,(H2,10,11);1-3H,4H2;3H,1-2H3;2*1H;/q;-1;;;;+4/p-3. The van der Waals surface area contributed by atoms with Crippen molar-refractivity contribution < 1.29 is 55.8 Å². The van der Waals surface area contributed by atoms with E-state index in [2.05, 4.69) is 25.2 Å². The number of allylic oxidation sites excluding steroid dienone is 4. The van der Waals surface area contributed by atoms with Gasteiger partial charge in [0.05, 0.1) is 5.91 Å². The Balaban J connectivity index is -0.000000126. The number of aryl methyl sites for hydroxylation is 2. The molecular weight excluding hydrogens is 412 g/mol. The number of benzene rings is 1. The average Bonchev–Trinajstić information content (AvgIpc) is 2.87. The third-order valence-electron chi connectivity index (χ3n) is 2.29. The molecule has 119 valence electrons. The molecule has 1 aliphatic carbocycles. The molecule has 0 saturated carbocycles. The molecule has 0 saturated heterocycles. The Kier molecular flexibility index (Phi) is 25.6. The van der Waals surface area contributed by atoms with Gasteiger partial charge in [-0.15, -0.1) is 6.42 Å². The number of hydrogen-bond acceptors (Lipinski definition) is 1. The monoisotopic (exact) mass is 432 g/mol. The van der Waals surface area contributed by atoms with Gasteiger partial charge in [-0.2, -0.15) is 6.08 Å². The van der Waals surface area contributed by atoms with Crippen molar-refractivity contribution in [1.82, 2.24) is 0 Å². The Morgan fingerprint density at radius 2 is 1.64 bits per heavy atom. The Bertz CT molecular complexity index is 435. The first-order valence-electron chi connectivity index (χ1n) is 6.32. The maximum atomic E-state index is 10.8. The second kappa shape index (κ2) is 18.9. The van der Waals surface area contributed by atoms with Crippen LogP contribution >= 0.6 is 0 Å². The summed E-state index contributed by atoms with van der Waals surface area (Å²) in [5.74, 6) is -0.597. The van der Waals surface area contributed by atoms with E-state index in [9.17, 15) is 4.79 Å². The summed E-state index contributed by atoms with van der Waals surface area (Å²) in [5, 5.41) is 0. The molecule has 22 heavy (non-hydrogen) atoms. The van der Waals surface area contributed by atoms with E-state index in [1.54, 1.807) is 0 Å². The van der Waals surface area contributed by atoms with E-state index in [4.69, 9.17) is 5.73 Å². The zero-order valence-electron chi connectivity index (χ0n) is 13.4. The Labute approximate surface area is 168 Å². The fourth-order valence-corrected chi connectivity index (χ4v) is 1.51. The van der Waals surface area contributed by atoms with Crippen molar-refractivity contribution in [2.75, 3.05) is 0 Å². The quantitative estimate of drug-likeness (QED) is 0.385. The maximum absolute atomic E-state index is 10.8. The molecule has 0 aromatic heterocycles. The molecule has 0 fully saturated rings. The van der Waals surface area contributed by atoms with Crippen LogP contribution in [-0.2, 0) is 26.2 Å². The van der Waals surface area contributed by atoms with Crippen LogP contribution < -0.4 is 24.8 Å². The van der Waals surface area contributed by atoms with Gasteiger partial charge < -0.3 is 35.3 Å². The molecule has 0 unspecified atom stereocenters. The van der Waals surface area contributed by atoms with E-state index in [-0.39, 0.29) is 51.0 Å². The molecule has 0 bridgehead atoms. The minimum atomic E-state index is -0.597. The van der Waals surface area contributed by atoms with Crippen LogP contribution in [0.5, 0.6) is 0 Å². The summed E-state index contributed by atoms with van der Waals surface area (Å²) in [6.07, 6.45) is 10.0. The summed E-state index contributed by atoms with van der Waals surface area (Å²) >= 11 is 0. The predicted molar refractivity (Wildman–Crippen MR) is 85.0 cm³/mol. The Morgan fingerprint density at radius 1 is 1.18 bits per heavy atom. The maximum Gasteiger partial charge on any atom is 4.00 e. The van der Waals surface area contributed by atoms with E-state index in [1.165, 1.54) is 0 Å². The molecule has 2 rings (SSSR count). The van der Waals surface area contributed by atoms with Gasteiger partial charge in [0.1, 0.15) is 0 Å². The molecule has 0 spiro atoms. The summed E-state index contributed by atoms with van der Waals surface area (Å²) in [5.41, 5.74) is 9.26. The third-order valence-corrected chi connectivity index (χ3v) is 2.29. The Hall–Kier alpha value is -0.150. The van der Waals surface area contributed by atoms with Crippen LogP contribution in [0.1, 0.15) is 27.9 Å². The first-order valence-corrected chi connectivity index (χ1v) is 8.63. The van der Waals surface area contributed by atoms with Crippen LogP contribution in [0.2, 0.25) is 13.1 Å². The number of amides is 1. The minimum absolute atomic E-state index is 0. The zero-order valence-corrected chi connectivity index (χ0v) is 18.5. The molecular formula is C16H22Cl2NOSiZr. The summed E-state index contributed by atoms with van der Waals surface area (Å²) in [6, 6.07) is 5.57. The van der Waals surface area contributed by atoms with Crippen LogP contribution in [0.3, 0.4) is 0 Å². The van der Waals surface area contributed by atoms with Crippen molar-refractivity contribution in [1.29, 1.82) is 0 Å². The van der Waals surface area contributed by atoms with Gasteiger partial charge in [-0.25, -0.2) is 12.2 Å². The molecule has 6 heteroatoms. The fourth-order valence-electron chi connectivity index (χ4n) is 1.51. The predicted octanol–water partition coefficient (Wildman–Crippen LogP) is -1.67. The molecule has 1 aromatic carbocycles. The number of carbonyl (C=O) groups excluding carboxylic acids is 1. The summed E-state index contributed by atoms with van der Waals surface area (Å²) in [4.78, 5) is 10.8. The van der Waals surface area contributed by atoms with Gasteiger partial charge in [-0.1, -0.05) is 31.3 Å². The molecule has 0 aliphatic heterocycles. The van der Waals surface area contributed by atoms with Crippen molar-refractivity contribution in [2.24, 2.45) is 0 Å². The van der Waals surface area contributed by atoms with Gasteiger partial charge in [-0.05, 0) is 25.0 Å². The summed E-state index contributed by atoms with van der Waals surface area (Å²) < 4.78 is 0. The zero-order chi connectivity index (χ0) is 14.7. The van der Waals surface area contributed by atoms with Crippen LogP contribution in [0, 0.1) is 19.9 Å². The number of hydrogen-bond donors (Lipinski definition) is 0.